The van der Waals surface area contributed by atoms with E-state index in [9.17, 15) is 5.11 Å². The summed E-state index contributed by atoms with van der Waals surface area (Å²) in [5, 5.41) is 14.1. The quantitative estimate of drug-likeness (QED) is 0.432. The first-order valence-electron chi connectivity index (χ1n) is 8.14. The van der Waals surface area contributed by atoms with E-state index in [1.807, 2.05) is 60.7 Å². The Kier molecular flexibility index (Phi) is 5.92. The Morgan fingerprint density at radius 3 is 2.23 bits per heavy atom. The van der Waals surface area contributed by atoms with Crippen molar-refractivity contribution in [2.45, 2.75) is 6.42 Å². The lowest BCUT2D eigenvalue weighted by Gasteiger charge is -2.10. The van der Waals surface area contributed by atoms with Crippen LogP contribution in [-0.4, -0.2) is 17.9 Å². The minimum Gasteiger partial charge on any atom is -0.508 e. The van der Waals surface area contributed by atoms with Gasteiger partial charge >= 0.3 is 0 Å². The van der Waals surface area contributed by atoms with Crippen molar-refractivity contribution in [3.05, 3.63) is 88.4 Å². The van der Waals surface area contributed by atoms with E-state index in [-0.39, 0.29) is 5.75 Å². The van der Waals surface area contributed by atoms with Crippen LogP contribution in [-0.2, 0) is 6.42 Å². The molecule has 26 heavy (non-hydrogen) atoms. The highest BCUT2D eigenvalue weighted by atomic mass is 79.9. The fourth-order valence-corrected chi connectivity index (χ4v) is 2.72. The molecular formula is C21H19BrN2O2. The summed E-state index contributed by atoms with van der Waals surface area (Å²) in [6.45, 7) is 0. The Hall–Kier alpha value is -2.79. The average molecular weight is 411 g/mol. The predicted molar refractivity (Wildman–Crippen MR) is 109 cm³/mol. The molecule has 0 aliphatic carbocycles. The van der Waals surface area contributed by atoms with Crippen LogP contribution in [0.5, 0.6) is 11.5 Å². The fourth-order valence-electron chi connectivity index (χ4n) is 2.45. The number of anilines is 1. The number of hydrogen-bond acceptors (Lipinski definition) is 4. The number of rotatable bonds is 6. The number of ether oxygens (including phenoxy) is 1. The van der Waals surface area contributed by atoms with Crippen molar-refractivity contribution in [2.75, 3.05) is 12.5 Å². The Labute approximate surface area is 161 Å². The number of aromatic hydroxyl groups is 1. The van der Waals surface area contributed by atoms with Gasteiger partial charge in [0.15, 0.2) is 0 Å². The van der Waals surface area contributed by atoms with Crippen molar-refractivity contribution in [2.24, 2.45) is 5.10 Å². The first-order valence-corrected chi connectivity index (χ1v) is 8.94. The van der Waals surface area contributed by atoms with Gasteiger partial charge in [0.2, 0.25) is 0 Å². The zero-order chi connectivity index (χ0) is 18.4. The third-order valence-corrected chi connectivity index (χ3v) is 4.42. The summed E-state index contributed by atoms with van der Waals surface area (Å²) in [7, 11) is 1.65. The first kappa shape index (κ1) is 18.0. The van der Waals surface area contributed by atoms with Crippen molar-refractivity contribution < 1.29 is 9.84 Å². The molecule has 0 heterocycles. The van der Waals surface area contributed by atoms with Gasteiger partial charge in [-0.1, -0.05) is 28.1 Å². The molecule has 0 radical (unpaired) electrons. The minimum absolute atomic E-state index is 0.254. The molecule has 0 unspecified atom stereocenters. The molecule has 0 fully saturated rings. The average Bonchev–Trinajstić information content (AvgIpc) is 2.68. The molecule has 0 saturated carbocycles. The zero-order valence-corrected chi connectivity index (χ0v) is 15.9. The Balaban J connectivity index is 1.87. The lowest BCUT2D eigenvalue weighted by atomic mass is 10.0. The van der Waals surface area contributed by atoms with Gasteiger partial charge < -0.3 is 9.84 Å². The van der Waals surface area contributed by atoms with Crippen molar-refractivity contribution in [1.82, 2.24) is 0 Å². The molecule has 5 heteroatoms. The van der Waals surface area contributed by atoms with E-state index in [4.69, 9.17) is 4.74 Å². The van der Waals surface area contributed by atoms with Crippen LogP contribution in [0.25, 0.3) is 0 Å². The highest BCUT2D eigenvalue weighted by Crippen LogP contribution is 2.18. The molecule has 3 aromatic rings. The molecule has 0 aromatic heterocycles. The van der Waals surface area contributed by atoms with Gasteiger partial charge in [-0.2, -0.15) is 5.10 Å². The van der Waals surface area contributed by atoms with Gasteiger partial charge in [0, 0.05) is 10.9 Å². The summed E-state index contributed by atoms with van der Waals surface area (Å²) in [5.41, 5.74) is 6.98. The van der Waals surface area contributed by atoms with Crippen LogP contribution in [0.3, 0.4) is 0 Å². The fraction of sp³-hybridized carbons (Fsp3) is 0.0952. The van der Waals surface area contributed by atoms with Crippen molar-refractivity contribution in [3.63, 3.8) is 0 Å². The Bertz CT molecular complexity index is 873. The SMILES string of the molecule is COc1ccc(/C(Cc2ccc(O)cc2)=N\Nc2ccc(Br)cc2)cc1. The van der Waals surface area contributed by atoms with E-state index in [0.717, 1.165) is 32.7 Å². The number of hydrogen-bond donors (Lipinski definition) is 2. The molecule has 0 bridgehead atoms. The molecule has 0 amide bonds. The third-order valence-electron chi connectivity index (χ3n) is 3.90. The van der Waals surface area contributed by atoms with E-state index in [1.54, 1.807) is 19.2 Å². The van der Waals surface area contributed by atoms with Crippen molar-refractivity contribution in [3.8, 4) is 11.5 Å². The number of hydrazone groups is 1. The van der Waals surface area contributed by atoms with Gasteiger partial charge in [0.25, 0.3) is 0 Å². The van der Waals surface area contributed by atoms with Crippen LogP contribution in [0, 0.1) is 0 Å². The summed E-state index contributed by atoms with van der Waals surface area (Å²) < 4.78 is 6.25. The molecule has 4 nitrogen and oxygen atoms in total. The van der Waals surface area contributed by atoms with Gasteiger partial charge in [0.05, 0.1) is 18.5 Å². The van der Waals surface area contributed by atoms with E-state index in [0.29, 0.717) is 6.42 Å². The van der Waals surface area contributed by atoms with E-state index >= 15 is 0 Å². The molecule has 0 spiro atoms. The molecule has 0 aliphatic heterocycles. The number of methoxy groups -OCH3 is 1. The maximum atomic E-state index is 9.48. The van der Waals surface area contributed by atoms with E-state index < -0.39 is 0 Å². The molecule has 3 aromatic carbocycles. The predicted octanol–water partition coefficient (Wildman–Crippen LogP) is 5.22. The lowest BCUT2D eigenvalue weighted by Crippen LogP contribution is -2.08. The monoisotopic (exact) mass is 410 g/mol. The molecule has 132 valence electrons. The second-order valence-electron chi connectivity index (χ2n) is 5.75. The lowest BCUT2D eigenvalue weighted by molar-refractivity contribution is 0.415. The number of nitrogens with zero attached hydrogens (tertiary/aromatic N) is 1. The molecule has 3 rings (SSSR count). The number of phenols is 1. The maximum Gasteiger partial charge on any atom is 0.118 e. The molecule has 0 saturated heterocycles. The topological polar surface area (TPSA) is 53.9 Å². The van der Waals surface area contributed by atoms with Crippen LogP contribution in [0.4, 0.5) is 5.69 Å². The van der Waals surface area contributed by atoms with Crippen LogP contribution in [0.1, 0.15) is 11.1 Å². The Morgan fingerprint density at radius 2 is 1.62 bits per heavy atom. The summed E-state index contributed by atoms with van der Waals surface area (Å²) in [5.74, 6) is 1.06. The second kappa shape index (κ2) is 8.54. The highest BCUT2D eigenvalue weighted by Gasteiger charge is 2.07. The van der Waals surface area contributed by atoms with Crippen LogP contribution in [0.2, 0.25) is 0 Å². The standard InChI is InChI=1S/C21H19BrN2O2/c1-26-20-12-4-16(5-13-20)21(14-15-2-10-19(25)11-3-15)24-23-18-8-6-17(22)7-9-18/h2-13,23,25H,14H2,1H3/b24-21-. The van der Waals surface area contributed by atoms with E-state index in [1.165, 1.54) is 0 Å². The van der Waals surface area contributed by atoms with Crippen LogP contribution >= 0.6 is 15.9 Å². The largest absolute Gasteiger partial charge is 0.508 e. The molecular weight excluding hydrogens is 392 g/mol. The van der Waals surface area contributed by atoms with E-state index in [2.05, 4.69) is 26.5 Å². The summed E-state index contributed by atoms with van der Waals surface area (Å²) in [6, 6.07) is 22.8. The first-order chi connectivity index (χ1) is 12.6. The number of phenolic OH excluding ortho intramolecular Hbond substituents is 1. The Morgan fingerprint density at radius 1 is 0.962 bits per heavy atom. The molecule has 0 atom stereocenters. The van der Waals surface area contributed by atoms with Gasteiger partial charge in [-0.25, -0.2) is 0 Å². The molecule has 0 aliphatic rings. The van der Waals surface area contributed by atoms with Crippen LogP contribution in [0.15, 0.2) is 82.4 Å². The number of benzene rings is 3. The van der Waals surface area contributed by atoms with Gasteiger partial charge in [0.1, 0.15) is 11.5 Å². The van der Waals surface area contributed by atoms with Crippen molar-refractivity contribution >= 4 is 27.3 Å². The second-order valence-corrected chi connectivity index (χ2v) is 6.66. The van der Waals surface area contributed by atoms with Gasteiger partial charge in [-0.15, -0.1) is 0 Å². The number of halogens is 1. The summed E-state index contributed by atoms with van der Waals surface area (Å²) >= 11 is 3.43. The summed E-state index contributed by atoms with van der Waals surface area (Å²) in [4.78, 5) is 0. The smallest absolute Gasteiger partial charge is 0.118 e. The van der Waals surface area contributed by atoms with Crippen LogP contribution < -0.4 is 10.2 Å². The molecule has 2 N–H and O–H groups in total. The summed E-state index contributed by atoms with van der Waals surface area (Å²) in [6.07, 6.45) is 0.635. The normalized spacial score (nSPS) is 11.2. The van der Waals surface area contributed by atoms with Gasteiger partial charge in [-0.3, -0.25) is 5.43 Å². The highest BCUT2D eigenvalue weighted by molar-refractivity contribution is 9.10. The number of nitrogens with one attached hydrogen (secondary N) is 1. The van der Waals surface area contributed by atoms with Crippen molar-refractivity contribution in [1.29, 1.82) is 0 Å². The third kappa shape index (κ3) is 4.86. The maximum absolute atomic E-state index is 9.48. The van der Waals surface area contributed by atoms with Gasteiger partial charge in [-0.05, 0) is 71.8 Å². The zero-order valence-electron chi connectivity index (χ0n) is 14.3. The minimum atomic E-state index is 0.254.